The third kappa shape index (κ3) is 2.54. The highest BCUT2D eigenvalue weighted by molar-refractivity contribution is 6.61. The van der Waals surface area contributed by atoms with Crippen LogP contribution in [0.15, 0.2) is 30.5 Å². The molecule has 0 unspecified atom stereocenters. The molecule has 104 valence electrons. The molecule has 0 radical (unpaired) electrons. The number of nitrogens with zero attached hydrogens (tertiary/aromatic N) is 2. The number of methoxy groups -OCH3 is 1. The fourth-order valence-electron chi connectivity index (χ4n) is 2.12. The summed E-state index contributed by atoms with van der Waals surface area (Å²) >= 11 is 0. The van der Waals surface area contributed by atoms with E-state index < -0.39 is 7.12 Å². The van der Waals surface area contributed by atoms with Crippen LogP contribution in [0.5, 0.6) is 17.4 Å². The molecule has 2 heterocycles. The van der Waals surface area contributed by atoms with E-state index in [2.05, 4.69) is 4.98 Å². The molecule has 0 atom stereocenters. The Balaban J connectivity index is 1.86. The van der Waals surface area contributed by atoms with Gasteiger partial charge >= 0.3 is 7.12 Å². The minimum Gasteiger partial charge on any atom is -0.495 e. The molecule has 1 N–H and O–H groups in total. The lowest BCUT2D eigenvalue weighted by Gasteiger charge is -2.08. The van der Waals surface area contributed by atoms with Crippen LogP contribution in [0.4, 0.5) is 0 Å². The number of nitriles is 1. The van der Waals surface area contributed by atoms with Gasteiger partial charge in [-0.25, -0.2) is 4.98 Å². The van der Waals surface area contributed by atoms with Crippen molar-refractivity contribution in [2.75, 3.05) is 7.11 Å². The van der Waals surface area contributed by atoms with Gasteiger partial charge in [0, 0.05) is 6.07 Å². The zero-order valence-corrected chi connectivity index (χ0v) is 11.2. The smallest absolute Gasteiger partial charge is 0.491 e. The Labute approximate surface area is 121 Å². The standard InChI is InChI=1S/C14H11BN2O4/c1-19-13-5-14(17-7-10(13)6-16)21-11-2-3-12-9(4-11)8-20-15(12)18/h2-5,7,18H,8H2,1H3. The maximum absolute atomic E-state index is 9.57. The van der Waals surface area contributed by atoms with Crippen molar-refractivity contribution >= 4 is 12.6 Å². The van der Waals surface area contributed by atoms with Crippen molar-refractivity contribution in [1.29, 1.82) is 5.26 Å². The lowest BCUT2D eigenvalue weighted by molar-refractivity contribution is 0.275. The molecule has 0 amide bonds. The van der Waals surface area contributed by atoms with E-state index in [1.165, 1.54) is 13.3 Å². The number of hydrogen-bond acceptors (Lipinski definition) is 6. The van der Waals surface area contributed by atoms with Crippen LogP contribution in [0.1, 0.15) is 11.1 Å². The zero-order valence-electron chi connectivity index (χ0n) is 11.2. The Hall–Kier alpha value is -2.56. The normalized spacial score (nSPS) is 12.7. The minimum absolute atomic E-state index is 0.324. The SMILES string of the molecule is COc1cc(Oc2ccc3c(c2)COB3O)ncc1C#N. The van der Waals surface area contributed by atoms with Crippen molar-refractivity contribution < 1.29 is 19.2 Å². The molecule has 1 aromatic heterocycles. The molecule has 1 aliphatic heterocycles. The van der Waals surface area contributed by atoms with E-state index in [0.717, 1.165) is 11.0 Å². The first-order valence-corrected chi connectivity index (χ1v) is 6.25. The van der Waals surface area contributed by atoms with E-state index in [1.54, 1.807) is 24.3 Å². The fraction of sp³-hybridized carbons (Fsp3) is 0.143. The Morgan fingerprint density at radius 2 is 2.29 bits per heavy atom. The molecule has 21 heavy (non-hydrogen) atoms. The van der Waals surface area contributed by atoms with Gasteiger partial charge in [-0.2, -0.15) is 5.26 Å². The van der Waals surface area contributed by atoms with E-state index in [0.29, 0.717) is 29.5 Å². The van der Waals surface area contributed by atoms with Gasteiger partial charge in [-0.1, -0.05) is 6.07 Å². The van der Waals surface area contributed by atoms with Crippen LogP contribution in [0, 0.1) is 11.3 Å². The van der Waals surface area contributed by atoms with Crippen LogP contribution in [-0.4, -0.2) is 24.2 Å². The molecular formula is C14H11BN2O4. The monoisotopic (exact) mass is 282 g/mol. The van der Waals surface area contributed by atoms with Gasteiger partial charge in [0.05, 0.1) is 19.9 Å². The summed E-state index contributed by atoms with van der Waals surface area (Å²) in [5, 5.41) is 18.5. The lowest BCUT2D eigenvalue weighted by Crippen LogP contribution is -2.27. The Morgan fingerprint density at radius 1 is 1.43 bits per heavy atom. The second-order valence-corrected chi connectivity index (χ2v) is 4.46. The molecule has 0 spiro atoms. The molecule has 3 rings (SSSR count). The topological polar surface area (TPSA) is 84.6 Å². The summed E-state index contributed by atoms with van der Waals surface area (Å²) in [5.74, 6) is 1.30. The van der Waals surface area contributed by atoms with Crippen molar-refractivity contribution in [2.24, 2.45) is 0 Å². The summed E-state index contributed by atoms with van der Waals surface area (Å²) in [6.45, 7) is 0.345. The molecular weight excluding hydrogens is 271 g/mol. The van der Waals surface area contributed by atoms with Crippen LogP contribution >= 0.6 is 0 Å². The highest BCUT2D eigenvalue weighted by atomic mass is 16.5. The minimum atomic E-state index is -0.873. The summed E-state index contributed by atoms with van der Waals surface area (Å²) in [7, 11) is 0.607. The first-order chi connectivity index (χ1) is 10.2. The van der Waals surface area contributed by atoms with Crippen molar-refractivity contribution in [2.45, 2.75) is 6.61 Å². The van der Waals surface area contributed by atoms with Crippen LogP contribution < -0.4 is 14.9 Å². The summed E-state index contributed by atoms with van der Waals surface area (Å²) in [5.41, 5.74) is 1.96. The molecule has 0 aliphatic carbocycles. The van der Waals surface area contributed by atoms with Crippen molar-refractivity contribution in [1.82, 2.24) is 4.98 Å². The lowest BCUT2D eigenvalue weighted by atomic mass is 9.80. The summed E-state index contributed by atoms with van der Waals surface area (Å²) in [6.07, 6.45) is 1.40. The number of ether oxygens (including phenoxy) is 2. The van der Waals surface area contributed by atoms with Crippen LogP contribution in [0.25, 0.3) is 0 Å². The average molecular weight is 282 g/mol. The van der Waals surface area contributed by atoms with Gasteiger partial charge in [-0.05, 0) is 23.2 Å². The van der Waals surface area contributed by atoms with E-state index >= 15 is 0 Å². The molecule has 0 bridgehead atoms. The molecule has 0 saturated carbocycles. The van der Waals surface area contributed by atoms with E-state index in [1.807, 2.05) is 6.07 Å². The molecule has 1 aliphatic rings. The number of pyridine rings is 1. The molecule has 2 aromatic rings. The summed E-state index contributed by atoms with van der Waals surface area (Å²) in [6, 6.07) is 8.81. The predicted molar refractivity (Wildman–Crippen MR) is 74.4 cm³/mol. The Bertz CT molecular complexity index is 729. The molecule has 7 heteroatoms. The highest BCUT2D eigenvalue weighted by Gasteiger charge is 2.27. The van der Waals surface area contributed by atoms with Gasteiger partial charge in [0.25, 0.3) is 0 Å². The highest BCUT2D eigenvalue weighted by Crippen LogP contribution is 2.26. The molecule has 0 saturated heterocycles. The fourth-order valence-corrected chi connectivity index (χ4v) is 2.12. The number of benzene rings is 1. The van der Waals surface area contributed by atoms with Crippen molar-refractivity contribution in [3.05, 3.63) is 41.6 Å². The van der Waals surface area contributed by atoms with Crippen molar-refractivity contribution in [3.8, 4) is 23.4 Å². The summed E-state index contributed by atoms with van der Waals surface area (Å²) in [4.78, 5) is 4.06. The van der Waals surface area contributed by atoms with E-state index in [4.69, 9.17) is 19.4 Å². The predicted octanol–water partition coefficient (Wildman–Crippen LogP) is 0.972. The van der Waals surface area contributed by atoms with E-state index in [9.17, 15) is 5.02 Å². The first kappa shape index (κ1) is 13.4. The zero-order chi connectivity index (χ0) is 14.8. The van der Waals surface area contributed by atoms with Crippen molar-refractivity contribution in [3.63, 3.8) is 0 Å². The van der Waals surface area contributed by atoms with Gasteiger partial charge in [0.1, 0.15) is 23.1 Å². The maximum atomic E-state index is 9.57. The van der Waals surface area contributed by atoms with Crippen LogP contribution in [0.2, 0.25) is 0 Å². The third-order valence-electron chi connectivity index (χ3n) is 3.18. The quantitative estimate of drug-likeness (QED) is 0.844. The first-order valence-electron chi connectivity index (χ1n) is 6.25. The molecule has 0 fully saturated rings. The van der Waals surface area contributed by atoms with Crippen LogP contribution in [0.3, 0.4) is 0 Å². The van der Waals surface area contributed by atoms with Gasteiger partial charge in [-0.3, -0.25) is 0 Å². The molecule has 1 aromatic carbocycles. The second-order valence-electron chi connectivity index (χ2n) is 4.46. The summed E-state index contributed by atoms with van der Waals surface area (Å²) < 4.78 is 15.9. The Kier molecular flexibility index (Phi) is 3.48. The largest absolute Gasteiger partial charge is 0.495 e. The second kappa shape index (κ2) is 5.44. The third-order valence-corrected chi connectivity index (χ3v) is 3.18. The number of fused-ring (bicyclic) bond motifs is 1. The Morgan fingerprint density at radius 3 is 3.05 bits per heavy atom. The average Bonchev–Trinajstić information content (AvgIpc) is 2.88. The maximum Gasteiger partial charge on any atom is 0.491 e. The van der Waals surface area contributed by atoms with Gasteiger partial charge in [-0.15, -0.1) is 0 Å². The van der Waals surface area contributed by atoms with Gasteiger partial charge < -0.3 is 19.2 Å². The van der Waals surface area contributed by atoms with E-state index in [-0.39, 0.29) is 0 Å². The molecule has 6 nitrogen and oxygen atoms in total. The number of rotatable bonds is 3. The number of hydrogen-bond donors (Lipinski definition) is 1. The van der Waals surface area contributed by atoms with Gasteiger partial charge in [0.15, 0.2) is 0 Å². The van der Waals surface area contributed by atoms with Gasteiger partial charge in [0.2, 0.25) is 5.88 Å². The van der Waals surface area contributed by atoms with Crippen LogP contribution in [-0.2, 0) is 11.3 Å². The number of aromatic nitrogens is 1.